The Labute approximate surface area is 145 Å². The van der Waals surface area contributed by atoms with Crippen LogP contribution in [0.15, 0.2) is 40.5 Å². The average molecular weight is 380 g/mol. The monoisotopic (exact) mass is 379 g/mol. The zero-order valence-corrected chi connectivity index (χ0v) is 14.9. The van der Waals surface area contributed by atoms with E-state index in [1.165, 1.54) is 6.20 Å². The molecule has 124 valence electrons. The molecular weight excluding hydrogens is 358 g/mol. The van der Waals surface area contributed by atoms with Crippen molar-refractivity contribution in [1.82, 2.24) is 5.32 Å². The third-order valence-electron chi connectivity index (χ3n) is 2.97. The van der Waals surface area contributed by atoms with Crippen molar-refractivity contribution in [3.63, 3.8) is 0 Å². The number of carbonyl (C=O) groups is 1. The predicted octanol–water partition coefficient (Wildman–Crippen LogP) is 3.59. The maximum atomic E-state index is 11.9. The summed E-state index contributed by atoms with van der Waals surface area (Å²) >= 11 is 3.36. The number of halogens is 1. The van der Waals surface area contributed by atoms with Crippen LogP contribution in [0.1, 0.15) is 26.2 Å². The van der Waals surface area contributed by atoms with E-state index in [1.54, 1.807) is 0 Å². The maximum absolute atomic E-state index is 11.9. The number of hydrogen-bond donors (Lipinski definition) is 2. The summed E-state index contributed by atoms with van der Waals surface area (Å²) in [4.78, 5) is 11.9. The Morgan fingerprint density at radius 3 is 2.87 bits per heavy atom. The average Bonchev–Trinajstić information content (AvgIpc) is 2.54. The predicted molar refractivity (Wildman–Crippen MR) is 94.8 cm³/mol. The highest BCUT2D eigenvalue weighted by molar-refractivity contribution is 9.10. The van der Waals surface area contributed by atoms with Crippen LogP contribution in [0.25, 0.3) is 0 Å². The summed E-state index contributed by atoms with van der Waals surface area (Å²) in [7, 11) is 0. The van der Waals surface area contributed by atoms with Crippen molar-refractivity contribution in [2.75, 3.05) is 25.1 Å². The number of benzene rings is 1. The molecular formula is C17H22BrN3O2. The lowest BCUT2D eigenvalue weighted by molar-refractivity contribution is -0.117. The van der Waals surface area contributed by atoms with Crippen molar-refractivity contribution in [3.8, 4) is 6.07 Å². The molecule has 0 aliphatic heterocycles. The van der Waals surface area contributed by atoms with Crippen LogP contribution in [-0.2, 0) is 9.53 Å². The van der Waals surface area contributed by atoms with Crippen LogP contribution in [0.2, 0.25) is 0 Å². The van der Waals surface area contributed by atoms with Gasteiger partial charge in [-0.05, 0) is 31.0 Å². The fourth-order valence-electron chi connectivity index (χ4n) is 1.70. The van der Waals surface area contributed by atoms with E-state index in [0.717, 1.165) is 36.0 Å². The highest BCUT2D eigenvalue weighted by atomic mass is 79.9. The number of nitrogens with one attached hydrogen (secondary N) is 2. The summed E-state index contributed by atoms with van der Waals surface area (Å²) in [6.45, 7) is 3.97. The molecule has 0 saturated carbocycles. The normalized spacial score (nSPS) is 10.9. The molecule has 23 heavy (non-hydrogen) atoms. The summed E-state index contributed by atoms with van der Waals surface area (Å²) in [5.74, 6) is -0.386. The molecule has 0 fully saturated rings. The number of carbonyl (C=O) groups excluding carboxylic acids is 1. The molecule has 0 unspecified atom stereocenters. The van der Waals surface area contributed by atoms with E-state index in [4.69, 9.17) is 10.00 Å². The summed E-state index contributed by atoms with van der Waals surface area (Å²) in [6, 6.07) is 9.37. The lowest BCUT2D eigenvalue weighted by Crippen LogP contribution is -2.26. The van der Waals surface area contributed by atoms with E-state index >= 15 is 0 Å². The lowest BCUT2D eigenvalue weighted by atomic mass is 10.2. The zero-order chi connectivity index (χ0) is 16.9. The van der Waals surface area contributed by atoms with Gasteiger partial charge < -0.3 is 15.4 Å². The minimum Gasteiger partial charge on any atom is -0.381 e. The molecule has 0 atom stereocenters. The molecule has 0 aromatic heterocycles. The van der Waals surface area contributed by atoms with Gasteiger partial charge in [0.2, 0.25) is 0 Å². The Bertz CT molecular complexity index is 567. The van der Waals surface area contributed by atoms with Gasteiger partial charge in [0.15, 0.2) is 0 Å². The van der Waals surface area contributed by atoms with Crippen LogP contribution in [-0.4, -0.2) is 25.7 Å². The molecule has 0 radical (unpaired) electrons. The molecule has 2 N–H and O–H groups in total. The fourth-order valence-corrected chi connectivity index (χ4v) is 2.10. The molecule has 0 bridgehead atoms. The second-order valence-electron chi connectivity index (χ2n) is 4.90. The minimum absolute atomic E-state index is 0.0388. The van der Waals surface area contributed by atoms with Gasteiger partial charge in [0.25, 0.3) is 5.91 Å². The van der Waals surface area contributed by atoms with Gasteiger partial charge in [0, 0.05) is 36.1 Å². The van der Waals surface area contributed by atoms with E-state index in [2.05, 4.69) is 33.5 Å². The van der Waals surface area contributed by atoms with Gasteiger partial charge in [-0.1, -0.05) is 35.3 Å². The van der Waals surface area contributed by atoms with Gasteiger partial charge in [-0.2, -0.15) is 5.26 Å². The molecule has 1 amide bonds. The second kappa shape index (κ2) is 11.7. The third-order valence-corrected chi connectivity index (χ3v) is 3.46. The molecule has 0 spiro atoms. The second-order valence-corrected chi connectivity index (χ2v) is 5.82. The topological polar surface area (TPSA) is 74.1 Å². The summed E-state index contributed by atoms with van der Waals surface area (Å²) in [6.07, 6.45) is 4.30. The van der Waals surface area contributed by atoms with Crippen LogP contribution < -0.4 is 10.6 Å². The molecule has 0 saturated heterocycles. The highest BCUT2D eigenvalue weighted by Gasteiger charge is 2.07. The van der Waals surface area contributed by atoms with Crippen molar-refractivity contribution in [2.24, 2.45) is 0 Å². The van der Waals surface area contributed by atoms with Crippen molar-refractivity contribution in [1.29, 1.82) is 5.26 Å². The molecule has 0 aliphatic carbocycles. The first kappa shape index (κ1) is 19.2. The van der Waals surface area contributed by atoms with Crippen molar-refractivity contribution in [3.05, 3.63) is 40.5 Å². The first-order chi connectivity index (χ1) is 11.2. The highest BCUT2D eigenvalue weighted by Crippen LogP contribution is 2.15. The Balaban J connectivity index is 2.34. The molecule has 6 heteroatoms. The first-order valence-corrected chi connectivity index (χ1v) is 8.45. The van der Waals surface area contributed by atoms with E-state index in [9.17, 15) is 4.79 Å². The molecule has 0 aliphatic rings. The van der Waals surface area contributed by atoms with Crippen molar-refractivity contribution in [2.45, 2.75) is 26.2 Å². The fraction of sp³-hybridized carbons (Fsp3) is 0.412. The number of nitrogens with zero attached hydrogens (tertiary/aromatic N) is 1. The number of ether oxygens (including phenoxy) is 1. The van der Waals surface area contributed by atoms with Crippen LogP contribution in [0.5, 0.6) is 0 Å². The molecule has 1 rings (SSSR count). The SMILES string of the molecule is CCCCOCCCNC(=O)/C(C#N)=C\Nc1cccc(Br)c1. The van der Waals surface area contributed by atoms with E-state index in [0.29, 0.717) is 13.2 Å². The molecule has 1 aromatic rings. The Kier molecular flexibility index (Phi) is 9.76. The van der Waals surface area contributed by atoms with Gasteiger partial charge in [-0.25, -0.2) is 0 Å². The molecule has 0 heterocycles. The van der Waals surface area contributed by atoms with Gasteiger partial charge in [-0.3, -0.25) is 4.79 Å². The van der Waals surface area contributed by atoms with E-state index in [1.807, 2.05) is 30.3 Å². The Morgan fingerprint density at radius 1 is 1.39 bits per heavy atom. The quantitative estimate of drug-likeness (QED) is 0.370. The summed E-state index contributed by atoms with van der Waals surface area (Å²) in [5.41, 5.74) is 0.834. The lowest BCUT2D eigenvalue weighted by Gasteiger charge is -2.06. The minimum atomic E-state index is -0.386. The largest absolute Gasteiger partial charge is 0.381 e. The summed E-state index contributed by atoms with van der Waals surface area (Å²) < 4.78 is 6.33. The molecule has 1 aromatic carbocycles. The molecule has 5 nitrogen and oxygen atoms in total. The number of nitriles is 1. The summed E-state index contributed by atoms with van der Waals surface area (Å²) in [5, 5.41) is 14.7. The number of rotatable bonds is 10. The van der Waals surface area contributed by atoms with Gasteiger partial charge in [-0.15, -0.1) is 0 Å². The van der Waals surface area contributed by atoms with Crippen LogP contribution >= 0.6 is 15.9 Å². The van der Waals surface area contributed by atoms with Gasteiger partial charge in [0.1, 0.15) is 11.6 Å². The van der Waals surface area contributed by atoms with E-state index < -0.39 is 0 Å². The maximum Gasteiger partial charge on any atom is 0.263 e. The van der Waals surface area contributed by atoms with Crippen LogP contribution in [0.3, 0.4) is 0 Å². The van der Waals surface area contributed by atoms with Crippen molar-refractivity contribution < 1.29 is 9.53 Å². The zero-order valence-electron chi connectivity index (χ0n) is 13.3. The number of anilines is 1. The van der Waals surface area contributed by atoms with Gasteiger partial charge in [0.05, 0.1) is 0 Å². The van der Waals surface area contributed by atoms with Crippen LogP contribution in [0.4, 0.5) is 5.69 Å². The Morgan fingerprint density at radius 2 is 2.17 bits per heavy atom. The van der Waals surface area contributed by atoms with E-state index in [-0.39, 0.29) is 11.5 Å². The van der Waals surface area contributed by atoms with Gasteiger partial charge >= 0.3 is 0 Å². The number of unbranched alkanes of at least 4 members (excludes halogenated alkanes) is 1. The standard InChI is InChI=1S/C17H22BrN3O2/c1-2-3-9-23-10-5-8-20-17(22)14(12-19)13-21-16-7-4-6-15(18)11-16/h4,6-7,11,13,21H,2-3,5,8-10H2,1H3,(H,20,22)/b14-13-. The van der Waals surface area contributed by atoms with Crippen LogP contribution in [0, 0.1) is 11.3 Å². The third kappa shape index (κ3) is 8.38. The number of amides is 1. The van der Waals surface area contributed by atoms with Crippen molar-refractivity contribution >= 4 is 27.5 Å². The smallest absolute Gasteiger partial charge is 0.263 e. The Hall–Kier alpha value is -1.84. The number of hydrogen-bond acceptors (Lipinski definition) is 4. The first-order valence-electron chi connectivity index (χ1n) is 7.65.